The molecule has 2 saturated heterocycles. The smallest absolute Gasteiger partial charge is 0.308 e. The molecule has 0 aromatic carbocycles. The Morgan fingerprint density at radius 2 is 1.32 bits per heavy atom. The van der Waals surface area contributed by atoms with Gasteiger partial charge in [0.15, 0.2) is 12.1 Å². The van der Waals surface area contributed by atoms with Crippen molar-refractivity contribution >= 4 is 17.8 Å². The quantitative estimate of drug-likeness (QED) is 0.133. The maximum Gasteiger partial charge on any atom is 0.308 e. The molecule has 0 aromatic rings. The number of rotatable bonds is 8. The highest BCUT2D eigenvalue weighted by Crippen LogP contribution is 2.38. The van der Waals surface area contributed by atoms with Crippen LogP contribution in [0.5, 0.6) is 0 Å². The SMILES string of the molecule is C[C@@H]1[C@H](O)[C@@H](C)\C=C/C=C\C=C/C=C\C=C/C=C\C=C\[C@H](O[C@@H]2O[C@H](C)[C@@H](O)[C@H](NC(=O)CCN)[C@@H]2O)C[C@@H]2O[C@](O)(C[C@@H](O)C[C@@H](O)[C@H](O)CC[C@@H](O)C[C@@H](O)CC(=O)O[C@H]1C)C[C@H](O)[C@H]2C(=O)NCCO. The number of nitrogens with one attached hydrogen (secondary N) is 2. The highest BCUT2D eigenvalue weighted by atomic mass is 16.7. The lowest BCUT2D eigenvalue weighted by atomic mass is 9.82. The molecule has 3 aliphatic heterocycles. The lowest BCUT2D eigenvalue weighted by molar-refractivity contribution is -0.307. The number of allylic oxidation sites excluding steroid dienone is 12. The molecule has 2 fully saturated rings. The lowest BCUT2D eigenvalue weighted by Crippen LogP contribution is -2.64. The van der Waals surface area contributed by atoms with Crippen molar-refractivity contribution in [3.05, 3.63) is 85.1 Å². The van der Waals surface area contributed by atoms with Gasteiger partial charge < -0.3 is 91.5 Å². The highest BCUT2D eigenvalue weighted by Gasteiger charge is 2.51. The van der Waals surface area contributed by atoms with Gasteiger partial charge in [0.05, 0.1) is 86.0 Å². The third kappa shape index (κ3) is 22.0. The Bertz CT molecular complexity index is 1880. The van der Waals surface area contributed by atoms with Crippen LogP contribution in [0.4, 0.5) is 0 Å². The van der Waals surface area contributed by atoms with Gasteiger partial charge in [-0.05, 0) is 33.1 Å². The molecule has 15 N–H and O–H groups in total. The average molecular weight is 1040 g/mol. The molecule has 3 rings (SSSR count). The zero-order valence-electron chi connectivity index (χ0n) is 42.3. The number of cyclic esters (lactones) is 1. The number of nitrogens with two attached hydrogens (primary N) is 1. The summed E-state index contributed by atoms with van der Waals surface area (Å²) in [6, 6.07) is -1.25. The normalized spacial score (nSPS) is 41.7. The Hall–Kier alpha value is -4.01. The Morgan fingerprint density at radius 1 is 0.712 bits per heavy atom. The van der Waals surface area contributed by atoms with Crippen LogP contribution in [-0.4, -0.2) is 191 Å². The fourth-order valence-electron chi connectivity index (χ4n) is 8.81. The first kappa shape index (κ1) is 63.3. The molecule has 3 aliphatic rings. The molecule has 21 heteroatoms. The third-order valence-electron chi connectivity index (χ3n) is 13.1. The summed E-state index contributed by atoms with van der Waals surface area (Å²) in [6.45, 7) is 6.09. The van der Waals surface area contributed by atoms with E-state index in [0.717, 1.165) is 0 Å². The van der Waals surface area contributed by atoms with E-state index in [4.69, 9.17) is 24.7 Å². The zero-order valence-corrected chi connectivity index (χ0v) is 42.3. The maximum absolute atomic E-state index is 13.6. The van der Waals surface area contributed by atoms with Crippen LogP contribution in [0.25, 0.3) is 0 Å². The van der Waals surface area contributed by atoms with E-state index < -0.39 is 159 Å². The number of hydrogen-bond acceptors (Lipinski definition) is 19. The van der Waals surface area contributed by atoms with Crippen LogP contribution >= 0.6 is 0 Å². The van der Waals surface area contributed by atoms with Crippen LogP contribution in [0.1, 0.15) is 85.5 Å². The van der Waals surface area contributed by atoms with E-state index in [-0.39, 0.29) is 51.1 Å². The highest BCUT2D eigenvalue weighted by molar-refractivity contribution is 5.80. The van der Waals surface area contributed by atoms with Crippen molar-refractivity contribution in [1.82, 2.24) is 10.6 Å². The average Bonchev–Trinajstić information content (AvgIpc) is 3.31. The Balaban J connectivity index is 1.96. The molecule has 21 nitrogen and oxygen atoms in total. The molecule has 19 atom stereocenters. The van der Waals surface area contributed by atoms with E-state index in [0.29, 0.717) is 0 Å². The standard InChI is InChI=1S/C52H83N3O18/c1-31-17-15-13-11-9-7-5-6-8-10-12-14-16-18-38(72-51-49(67)46(48(66)34(4)71-51)55-43(63)21-22-53)28-42-45(50(68)54-23-24-56)41(62)30-52(69,73-42)29-37(59)26-40(61)39(60)20-19-35(57)25-36(58)27-44(64)70-33(3)32(2)47(31)65/h5-18,31-42,45-49,51,56-62,65-67,69H,19-30,53H2,1-4H3,(H,54,68)(H,55,63)/b6-5-,9-7-,10-8-,13-11-,14-12-,17-15-,18-16+/t31-,32-,33-,34+,35+,36+,37-,38-,39+,40+,41-,42-,45+,46-,47+,48+,49-,51-,52+/m0/s1. The van der Waals surface area contributed by atoms with Gasteiger partial charge in [-0.3, -0.25) is 14.4 Å². The summed E-state index contributed by atoms with van der Waals surface area (Å²) in [5, 5.41) is 125. The minimum absolute atomic E-state index is 0.00757. The molecule has 0 saturated carbocycles. The van der Waals surface area contributed by atoms with Crippen molar-refractivity contribution in [2.24, 2.45) is 23.5 Å². The topological polar surface area (TPSA) is 361 Å². The van der Waals surface area contributed by atoms with Crippen LogP contribution in [0.15, 0.2) is 85.1 Å². The summed E-state index contributed by atoms with van der Waals surface area (Å²) >= 11 is 0. The van der Waals surface area contributed by atoms with Crippen LogP contribution in [-0.2, 0) is 33.3 Å². The number of ether oxygens (including phenoxy) is 4. The van der Waals surface area contributed by atoms with Crippen LogP contribution in [0.3, 0.4) is 0 Å². The minimum Gasteiger partial charge on any atom is -0.462 e. The molecule has 0 unspecified atom stereocenters. The second kappa shape index (κ2) is 32.4. The van der Waals surface area contributed by atoms with Crippen molar-refractivity contribution in [3.8, 4) is 0 Å². The summed E-state index contributed by atoms with van der Waals surface area (Å²) in [5.41, 5.74) is 5.53. The number of hydrogen-bond donors (Lipinski definition) is 14. The van der Waals surface area contributed by atoms with Gasteiger partial charge in [-0.2, -0.15) is 0 Å². The number of amides is 2. The monoisotopic (exact) mass is 1040 g/mol. The van der Waals surface area contributed by atoms with E-state index in [2.05, 4.69) is 10.6 Å². The maximum atomic E-state index is 13.6. The Morgan fingerprint density at radius 3 is 1.92 bits per heavy atom. The van der Waals surface area contributed by atoms with Gasteiger partial charge >= 0.3 is 5.97 Å². The summed E-state index contributed by atoms with van der Waals surface area (Å²) in [5.74, 6) is -6.52. The van der Waals surface area contributed by atoms with E-state index in [9.17, 15) is 70.6 Å². The zero-order chi connectivity index (χ0) is 54.3. The van der Waals surface area contributed by atoms with Gasteiger partial charge in [0.25, 0.3) is 0 Å². The predicted octanol–water partition coefficient (Wildman–Crippen LogP) is -0.758. The van der Waals surface area contributed by atoms with Gasteiger partial charge in [-0.25, -0.2) is 0 Å². The number of fused-ring (bicyclic) bond motifs is 2. The van der Waals surface area contributed by atoms with Crippen molar-refractivity contribution in [1.29, 1.82) is 0 Å². The predicted molar refractivity (Wildman–Crippen MR) is 267 cm³/mol. The molecule has 2 bridgehead atoms. The molecule has 73 heavy (non-hydrogen) atoms. The number of aliphatic hydroxyl groups is 11. The number of aliphatic hydroxyl groups excluding tert-OH is 10. The summed E-state index contributed by atoms with van der Waals surface area (Å²) in [4.78, 5) is 38.8. The molecule has 0 aliphatic carbocycles. The molecule has 3 heterocycles. The molecular formula is C52H83N3O18. The van der Waals surface area contributed by atoms with Gasteiger partial charge in [0.1, 0.15) is 18.3 Å². The molecule has 0 spiro atoms. The number of esters is 1. The van der Waals surface area contributed by atoms with Crippen LogP contribution in [0.2, 0.25) is 0 Å². The van der Waals surface area contributed by atoms with Gasteiger partial charge in [-0.15, -0.1) is 0 Å². The van der Waals surface area contributed by atoms with E-state index in [1.54, 1.807) is 86.8 Å². The first-order valence-electron chi connectivity index (χ1n) is 25.2. The van der Waals surface area contributed by atoms with Crippen molar-refractivity contribution in [2.75, 3.05) is 19.7 Å². The fraction of sp³-hybridized carbons (Fsp3) is 0.673. The summed E-state index contributed by atoms with van der Waals surface area (Å²) < 4.78 is 23.8. The molecular weight excluding hydrogens is 955 g/mol. The van der Waals surface area contributed by atoms with Crippen LogP contribution in [0, 0.1) is 17.8 Å². The summed E-state index contributed by atoms with van der Waals surface area (Å²) in [7, 11) is 0. The fourth-order valence-corrected chi connectivity index (χ4v) is 8.81. The second-order valence-electron chi connectivity index (χ2n) is 19.3. The van der Waals surface area contributed by atoms with Crippen molar-refractivity contribution in [2.45, 2.75) is 183 Å². The molecule has 2 amide bonds. The third-order valence-corrected chi connectivity index (χ3v) is 13.1. The van der Waals surface area contributed by atoms with E-state index in [1.165, 1.54) is 13.0 Å². The molecule has 0 radical (unpaired) electrons. The second-order valence-corrected chi connectivity index (χ2v) is 19.3. The number of carbonyl (C=O) groups excluding carboxylic acids is 3. The van der Waals surface area contributed by atoms with E-state index in [1.807, 2.05) is 13.0 Å². The first-order chi connectivity index (χ1) is 34.6. The van der Waals surface area contributed by atoms with E-state index >= 15 is 0 Å². The molecule has 0 aromatic heterocycles. The van der Waals surface area contributed by atoms with Crippen molar-refractivity contribution < 1.29 is 89.5 Å². The Kier molecular flexibility index (Phi) is 28.1. The van der Waals surface area contributed by atoms with Gasteiger partial charge in [-0.1, -0.05) is 98.9 Å². The number of carbonyl (C=O) groups is 3. The van der Waals surface area contributed by atoms with Crippen LogP contribution < -0.4 is 16.4 Å². The lowest BCUT2D eigenvalue weighted by Gasteiger charge is -2.46. The van der Waals surface area contributed by atoms with Gasteiger partial charge in [0, 0.05) is 57.0 Å². The molecule has 414 valence electrons. The van der Waals surface area contributed by atoms with Crippen molar-refractivity contribution in [3.63, 3.8) is 0 Å². The minimum atomic E-state index is -2.34. The largest absolute Gasteiger partial charge is 0.462 e. The summed E-state index contributed by atoms with van der Waals surface area (Å²) in [6.07, 6.45) is 2.76. The Labute approximate surface area is 428 Å². The van der Waals surface area contributed by atoms with Gasteiger partial charge in [0.2, 0.25) is 11.8 Å². The first-order valence-corrected chi connectivity index (χ1v) is 25.2.